The number of nitrogens with one attached hydrogen (secondary N) is 3. The van der Waals surface area contributed by atoms with Crippen LogP contribution in [0.25, 0.3) is 0 Å². The van der Waals surface area contributed by atoms with Gasteiger partial charge in [0.15, 0.2) is 0 Å². The minimum Gasteiger partial charge on any atom is -0.376 e. The Morgan fingerprint density at radius 3 is 2.45 bits per heavy atom. The molecule has 0 saturated carbocycles. The summed E-state index contributed by atoms with van der Waals surface area (Å²) in [5.41, 5.74) is 2.81. The number of ether oxygens (including phenoxy) is 1. The van der Waals surface area contributed by atoms with Crippen LogP contribution in [0.15, 0.2) is 48.5 Å². The molecule has 33 heavy (non-hydrogen) atoms. The number of benzene rings is 2. The summed E-state index contributed by atoms with van der Waals surface area (Å²) < 4.78 is 18.6. The van der Waals surface area contributed by atoms with E-state index in [2.05, 4.69) is 20.9 Å². The third-order valence-electron chi connectivity index (χ3n) is 5.23. The Kier molecular flexibility index (Phi) is 7.31. The molecule has 2 aromatic carbocycles. The largest absolute Gasteiger partial charge is 0.376 e. The Morgan fingerprint density at radius 2 is 1.79 bits per heavy atom. The van der Waals surface area contributed by atoms with Gasteiger partial charge in [0.2, 0.25) is 0 Å². The molecular weight excluding hydrogens is 443 g/mol. The highest BCUT2D eigenvalue weighted by Crippen LogP contribution is 2.23. The molecule has 1 unspecified atom stereocenters. The number of hydrogen-bond acceptors (Lipinski definition) is 5. The highest BCUT2D eigenvalue weighted by molar-refractivity contribution is 7.14. The maximum Gasteiger partial charge on any atom is 0.319 e. The van der Waals surface area contributed by atoms with Crippen LogP contribution in [0.5, 0.6) is 0 Å². The third kappa shape index (κ3) is 6.36. The highest BCUT2D eigenvalue weighted by atomic mass is 32.1. The first-order chi connectivity index (χ1) is 16.0. The number of aromatic nitrogens is 1. The molecule has 0 bridgehead atoms. The lowest BCUT2D eigenvalue weighted by Crippen LogP contribution is -2.35. The van der Waals surface area contributed by atoms with Gasteiger partial charge < -0.3 is 20.7 Å². The number of aryl methyl sites for hydroxylation is 1. The van der Waals surface area contributed by atoms with E-state index in [4.69, 9.17) is 4.74 Å². The molecule has 9 heteroatoms. The number of rotatable bonds is 7. The van der Waals surface area contributed by atoms with Crippen molar-refractivity contribution >= 4 is 34.6 Å². The van der Waals surface area contributed by atoms with Crippen LogP contribution in [0.3, 0.4) is 0 Å². The lowest BCUT2D eigenvalue weighted by Gasteiger charge is -2.12. The minimum atomic E-state index is -0.295. The molecule has 1 saturated heterocycles. The van der Waals surface area contributed by atoms with Crippen molar-refractivity contribution in [3.05, 3.63) is 75.5 Å². The molecule has 2 heterocycles. The second-order valence-corrected chi connectivity index (χ2v) is 8.91. The monoisotopic (exact) mass is 468 g/mol. The number of nitrogens with zero attached hydrogens (tertiary/aromatic N) is 1. The molecule has 1 aromatic heterocycles. The van der Waals surface area contributed by atoms with Crippen molar-refractivity contribution in [3.8, 4) is 0 Å². The van der Waals surface area contributed by atoms with Crippen LogP contribution >= 0.6 is 11.3 Å². The Morgan fingerprint density at radius 1 is 1.09 bits per heavy atom. The van der Waals surface area contributed by atoms with Gasteiger partial charge in [-0.2, -0.15) is 0 Å². The lowest BCUT2D eigenvalue weighted by atomic mass is 10.1. The normalized spacial score (nSPS) is 15.3. The fraction of sp³-hybridized carbons (Fsp3) is 0.292. The van der Waals surface area contributed by atoms with E-state index in [0.717, 1.165) is 30.0 Å². The average molecular weight is 469 g/mol. The number of carbonyl (C=O) groups excluding carboxylic acids is 2. The highest BCUT2D eigenvalue weighted by Gasteiger charge is 2.17. The summed E-state index contributed by atoms with van der Waals surface area (Å²) >= 11 is 1.32. The minimum absolute atomic E-state index is 0.0831. The van der Waals surface area contributed by atoms with Crippen LogP contribution in [-0.4, -0.2) is 36.2 Å². The van der Waals surface area contributed by atoms with Crippen LogP contribution in [0, 0.1) is 12.7 Å². The van der Waals surface area contributed by atoms with Gasteiger partial charge in [-0.3, -0.25) is 4.79 Å². The van der Waals surface area contributed by atoms with Crippen LogP contribution in [0.2, 0.25) is 0 Å². The van der Waals surface area contributed by atoms with Crippen molar-refractivity contribution in [3.63, 3.8) is 0 Å². The van der Waals surface area contributed by atoms with Gasteiger partial charge in [-0.15, -0.1) is 11.3 Å². The summed E-state index contributed by atoms with van der Waals surface area (Å²) in [5, 5.41) is 9.22. The maximum atomic E-state index is 13.1. The molecule has 0 aliphatic carbocycles. The molecule has 1 atom stereocenters. The zero-order chi connectivity index (χ0) is 23.2. The number of hydrogen-bond donors (Lipinski definition) is 3. The van der Waals surface area contributed by atoms with Crippen LogP contribution in [0.1, 0.15) is 38.8 Å². The summed E-state index contributed by atoms with van der Waals surface area (Å²) in [6.07, 6.45) is 2.60. The molecule has 4 rings (SSSR count). The van der Waals surface area contributed by atoms with Crippen molar-refractivity contribution in [2.45, 2.75) is 32.3 Å². The van der Waals surface area contributed by atoms with E-state index in [1.165, 1.54) is 23.5 Å². The van der Waals surface area contributed by atoms with Crippen LogP contribution < -0.4 is 16.0 Å². The van der Waals surface area contributed by atoms with Gasteiger partial charge in [-0.1, -0.05) is 12.1 Å². The SMILES string of the molecule is Cc1nc(Cc2ccc(F)cc2)sc1C(=O)Nc1ccc(NC(=O)NCC2CCCO2)cc1. The van der Waals surface area contributed by atoms with Gasteiger partial charge in [0, 0.05) is 30.9 Å². The Hall–Kier alpha value is -3.30. The molecule has 1 fully saturated rings. The standard InChI is InChI=1S/C24H25FN4O3S/c1-15-22(33-21(27-15)13-16-4-6-17(25)7-5-16)23(30)28-18-8-10-19(11-9-18)29-24(31)26-14-20-3-2-12-32-20/h4-11,20H,2-3,12-14H2,1H3,(H,28,30)(H2,26,29,31). The quantitative estimate of drug-likeness (QED) is 0.467. The van der Waals surface area contributed by atoms with Crippen molar-refractivity contribution in [1.82, 2.24) is 10.3 Å². The Labute approximate surface area is 195 Å². The fourth-order valence-electron chi connectivity index (χ4n) is 3.53. The van der Waals surface area contributed by atoms with E-state index in [1.807, 2.05) is 0 Å². The van der Waals surface area contributed by atoms with Crippen LogP contribution in [-0.2, 0) is 11.2 Å². The first-order valence-corrected chi connectivity index (χ1v) is 11.6. The number of thiazole rings is 1. The van der Waals surface area contributed by atoms with Gasteiger partial charge >= 0.3 is 6.03 Å². The molecule has 1 aliphatic heterocycles. The molecular formula is C24H25FN4O3S. The second kappa shape index (κ2) is 10.5. The van der Waals surface area contributed by atoms with Crippen molar-refractivity contribution in [1.29, 1.82) is 0 Å². The zero-order valence-corrected chi connectivity index (χ0v) is 19.0. The van der Waals surface area contributed by atoms with Gasteiger partial charge in [-0.05, 0) is 61.7 Å². The van der Waals surface area contributed by atoms with Crippen molar-refractivity contribution < 1.29 is 18.7 Å². The van der Waals surface area contributed by atoms with E-state index in [1.54, 1.807) is 43.3 Å². The Bertz CT molecular complexity index is 1110. The molecule has 3 amide bonds. The third-order valence-corrected chi connectivity index (χ3v) is 6.39. The molecule has 3 aromatic rings. The summed E-state index contributed by atoms with van der Waals surface area (Å²) in [6, 6.07) is 12.9. The molecule has 0 radical (unpaired) electrons. The number of anilines is 2. The maximum absolute atomic E-state index is 13.1. The van der Waals surface area contributed by atoms with E-state index in [-0.39, 0.29) is 23.9 Å². The molecule has 0 spiro atoms. The summed E-state index contributed by atoms with van der Waals surface area (Å²) in [4.78, 5) is 29.8. The van der Waals surface area contributed by atoms with Crippen molar-refractivity contribution in [2.24, 2.45) is 0 Å². The first-order valence-electron chi connectivity index (χ1n) is 10.7. The number of carbonyl (C=O) groups is 2. The molecule has 7 nitrogen and oxygen atoms in total. The van der Waals surface area contributed by atoms with Gasteiger partial charge in [0.25, 0.3) is 5.91 Å². The van der Waals surface area contributed by atoms with Gasteiger partial charge in [0.1, 0.15) is 10.7 Å². The van der Waals surface area contributed by atoms with E-state index < -0.39 is 0 Å². The van der Waals surface area contributed by atoms with Gasteiger partial charge in [0.05, 0.1) is 16.8 Å². The fourth-order valence-corrected chi connectivity index (χ4v) is 4.52. The predicted octanol–water partition coefficient (Wildman–Crippen LogP) is 4.73. The van der Waals surface area contributed by atoms with E-state index in [9.17, 15) is 14.0 Å². The lowest BCUT2D eigenvalue weighted by molar-refractivity contribution is 0.102. The molecule has 172 valence electrons. The second-order valence-electron chi connectivity index (χ2n) is 7.83. The topological polar surface area (TPSA) is 92.4 Å². The van der Waals surface area contributed by atoms with E-state index in [0.29, 0.717) is 34.9 Å². The summed E-state index contributed by atoms with van der Waals surface area (Å²) in [5.74, 6) is -0.528. The zero-order valence-electron chi connectivity index (χ0n) is 18.2. The number of urea groups is 1. The molecule has 3 N–H and O–H groups in total. The van der Waals surface area contributed by atoms with Crippen molar-refractivity contribution in [2.75, 3.05) is 23.8 Å². The summed E-state index contributed by atoms with van der Waals surface area (Å²) in [7, 11) is 0. The Balaban J connectivity index is 1.30. The van der Waals surface area contributed by atoms with E-state index >= 15 is 0 Å². The van der Waals surface area contributed by atoms with Crippen LogP contribution in [0.4, 0.5) is 20.6 Å². The smallest absolute Gasteiger partial charge is 0.319 e. The average Bonchev–Trinajstić information content (AvgIpc) is 3.45. The predicted molar refractivity (Wildman–Crippen MR) is 126 cm³/mol. The number of amides is 3. The number of halogens is 1. The summed E-state index contributed by atoms with van der Waals surface area (Å²) in [6.45, 7) is 3.02. The first kappa shape index (κ1) is 22.9. The van der Waals surface area contributed by atoms with Gasteiger partial charge in [-0.25, -0.2) is 14.2 Å². The molecule has 1 aliphatic rings.